The largest absolute Gasteiger partial charge is 0.481 e. The lowest BCUT2D eigenvalue weighted by atomic mass is 10.1. The minimum absolute atomic E-state index is 0.0630. The summed E-state index contributed by atoms with van der Waals surface area (Å²) < 4.78 is 1.84. The molecule has 94 valence electrons. The van der Waals surface area contributed by atoms with Gasteiger partial charge in [-0.15, -0.1) is 10.2 Å². The SMILES string of the molecule is CC(C)Cc1nnc2n1NC(CC(=O)O)CS2. The molecular weight excluding hydrogens is 240 g/mol. The quantitative estimate of drug-likeness (QED) is 0.835. The van der Waals surface area contributed by atoms with Crippen molar-refractivity contribution in [2.24, 2.45) is 5.92 Å². The Morgan fingerprint density at radius 3 is 3.06 bits per heavy atom. The average molecular weight is 256 g/mol. The number of fused-ring (bicyclic) bond motifs is 1. The first-order chi connectivity index (χ1) is 8.06. The Labute approximate surface area is 104 Å². The predicted molar refractivity (Wildman–Crippen MR) is 64.7 cm³/mol. The summed E-state index contributed by atoms with van der Waals surface area (Å²) in [6.07, 6.45) is 0.950. The Bertz CT molecular complexity index is 418. The molecule has 2 heterocycles. The van der Waals surface area contributed by atoms with Gasteiger partial charge in [0.15, 0.2) is 5.82 Å². The van der Waals surface area contributed by atoms with Gasteiger partial charge in [-0.25, -0.2) is 4.68 Å². The second-order valence-electron chi connectivity index (χ2n) is 4.57. The van der Waals surface area contributed by atoms with Gasteiger partial charge >= 0.3 is 5.97 Å². The molecule has 1 unspecified atom stereocenters. The highest BCUT2D eigenvalue weighted by molar-refractivity contribution is 7.99. The Kier molecular flexibility index (Phi) is 3.56. The molecule has 0 amide bonds. The number of aliphatic carboxylic acids is 1. The van der Waals surface area contributed by atoms with Gasteiger partial charge < -0.3 is 10.5 Å². The number of aromatic nitrogens is 3. The fourth-order valence-electron chi connectivity index (χ4n) is 1.73. The normalized spacial score (nSPS) is 18.9. The molecule has 0 saturated carbocycles. The van der Waals surface area contributed by atoms with Gasteiger partial charge in [0.25, 0.3) is 0 Å². The predicted octanol–water partition coefficient (Wildman–Crippen LogP) is 0.969. The van der Waals surface area contributed by atoms with Gasteiger partial charge in [-0.05, 0) is 5.92 Å². The lowest BCUT2D eigenvalue weighted by molar-refractivity contribution is -0.137. The fraction of sp³-hybridized carbons (Fsp3) is 0.700. The van der Waals surface area contributed by atoms with E-state index in [1.54, 1.807) is 11.8 Å². The summed E-state index contributed by atoms with van der Waals surface area (Å²) >= 11 is 1.55. The molecule has 1 atom stereocenters. The number of nitrogens with one attached hydrogen (secondary N) is 1. The van der Waals surface area contributed by atoms with Crippen LogP contribution >= 0.6 is 11.8 Å². The van der Waals surface area contributed by atoms with Gasteiger partial charge in [0, 0.05) is 12.2 Å². The van der Waals surface area contributed by atoms with Crippen molar-refractivity contribution in [1.82, 2.24) is 14.9 Å². The summed E-state index contributed by atoms with van der Waals surface area (Å²) in [5, 5.41) is 17.8. The number of hydrogen-bond donors (Lipinski definition) is 2. The van der Waals surface area contributed by atoms with Gasteiger partial charge in [-0.2, -0.15) is 0 Å². The lowest BCUT2D eigenvalue weighted by Crippen LogP contribution is -2.37. The van der Waals surface area contributed by atoms with Crippen LogP contribution in [0.4, 0.5) is 0 Å². The van der Waals surface area contributed by atoms with E-state index in [0.717, 1.165) is 17.4 Å². The van der Waals surface area contributed by atoms with E-state index in [2.05, 4.69) is 29.5 Å². The van der Waals surface area contributed by atoms with E-state index in [1.807, 2.05) is 4.68 Å². The summed E-state index contributed by atoms with van der Waals surface area (Å²) in [4.78, 5) is 10.7. The maximum absolute atomic E-state index is 10.7. The van der Waals surface area contributed by atoms with Crippen molar-refractivity contribution in [1.29, 1.82) is 0 Å². The third-order valence-electron chi connectivity index (χ3n) is 2.44. The molecule has 0 spiro atoms. The van der Waals surface area contributed by atoms with E-state index in [1.165, 1.54) is 0 Å². The molecule has 2 rings (SSSR count). The highest BCUT2D eigenvalue weighted by Crippen LogP contribution is 2.24. The summed E-state index contributed by atoms with van der Waals surface area (Å²) in [5.41, 5.74) is 3.17. The molecule has 0 fully saturated rings. The average Bonchev–Trinajstić information content (AvgIpc) is 2.59. The molecule has 0 bridgehead atoms. The Morgan fingerprint density at radius 1 is 1.65 bits per heavy atom. The Hall–Kier alpha value is -1.24. The van der Waals surface area contributed by atoms with Crippen LogP contribution in [-0.4, -0.2) is 37.7 Å². The highest BCUT2D eigenvalue weighted by Gasteiger charge is 2.24. The standard InChI is InChI=1S/C10H16N4O2S/c1-6(2)3-8-11-12-10-14(8)13-7(5-17-10)4-9(15)16/h6-7,13H,3-5H2,1-2H3,(H,15,16). The summed E-state index contributed by atoms with van der Waals surface area (Å²) in [7, 11) is 0. The van der Waals surface area contributed by atoms with Gasteiger partial charge in [-0.1, -0.05) is 25.6 Å². The molecule has 17 heavy (non-hydrogen) atoms. The zero-order chi connectivity index (χ0) is 12.4. The molecule has 1 aromatic rings. The fourth-order valence-corrected chi connectivity index (χ4v) is 2.66. The molecule has 1 aliphatic rings. The molecule has 0 aliphatic carbocycles. The van der Waals surface area contributed by atoms with Crippen molar-refractivity contribution in [2.75, 3.05) is 11.2 Å². The maximum atomic E-state index is 10.7. The van der Waals surface area contributed by atoms with E-state index in [-0.39, 0.29) is 12.5 Å². The first-order valence-electron chi connectivity index (χ1n) is 5.61. The van der Waals surface area contributed by atoms with Crippen molar-refractivity contribution < 1.29 is 9.90 Å². The number of nitrogens with zero attached hydrogens (tertiary/aromatic N) is 3. The molecule has 6 nitrogen and oxygen atoms in total. The molecule has 7 heteroatoms. The van der Waals surface area contributed by atoms with Crippen LogP contribution in [-0.2, 0) is 11.2 Å². The first-order valence-corrected chi connectivity index (χ1v) is 6.60. The van der Waals surface area contributed by atoms with Gasteiger partial charge in [-0.3, -0.25) is 4.79 Å². The lowest BCUT2D eigenvalue weighted by Gasteiger charge is -2.25. The number of carboxylic acid groups (broad SMARTS) is 1. The second-order valence-corrected chi connectivity index (χ2v) is 5.55. The Balaban J connectivity index is 2.11. The maximum Gasteiger partial charge on any atom is 0.305 e. The van der Waals surface area contributed by atoms with E-state index in [0.29, 0.717) is 11.7 Å². The van der Waals surface area contributed by atoms with Crippen LogP contribution in [0, 0.1) is 5.92 Å². The number of carbonyl (C=O) groups is 1. The van der Waals surface area contributed by atoms with Crippen LogP contribution in [0.5, 0.6) is 0 Å². The smallest absolute Gasteiger partial charge is 0.305 e. The van der Waals surface area contributed by atoms with Crippen molar-refractivity contribution in [3.8, 4) is 0 Å². The van der Waals surface area contributed by atoms with Crippen LogP contribution in [0.3, 0.4) is 0 Å². The van der Waals surface area contributed by atoms with Crippen LogP contribution < -0.4 is 5.43 Å². The van der Waals surface area contributed by atoms with Crippen molar-refractivity contribution >= 4 is 17.7 Å². The number of rotatable bonds is 4. The zero-order valence-electron chi connectivity index (χ0n) is 9.88. The van der Waals surface area contributed by atoms with Gasteiger partial charge in [0.2, 0.25) is 5.16 Å². The van der Waals surface area contributed by atoms with Crippen LogP contribution in [0.1, 0.15) is 26.1 Å². The van der Waals surface area contributed by atoms with Gasteiger partial charge in [0.05, 0.1) is 12.5 Å². The van der Waals surface area contributed by atoms with Crippen LogP contribution in [0.2, 0.25) is 0 Å². The number of thioether (sulfide) groups is 1. The van der Waals surface area contributed by atoms with Gasteiger partial charge in [0.1, 0.15) is 0 Å². The second kappa shape index (κ2) is 4.95. The monoisotopic (exact) mass is 256 g/mol. The molecule has 0 saturated heterocycles. The summed E-state index contributed by atoms with van der Waals surface area (Å²) in [6.45, 7) is 4.23. The minimum atomic E-state index is -0.787. The van der Waals surface area contributed by atoms with Crippen molar-refractivity contribution in [2.45, 2.75) is 37.9 Å². The molecule has 0 aromatic carbocycles. The van der Waals surface area contributed by atoms with Crippen molar-refractivity contribution in [3.63, 3.8) is 0 Å². The summed E-state index contributed by atoms with van der Waals surface area (Å²) in [6, 6.07) is -0.0630. The van der Waals surface area contributed by atoms with Crippen molar-refractivity contribution in [3.05, 3.63) is 5.82 Å². The highest BCUT2D eigenvalue weighted by atomic mass is 32.2. The molecule has 1 aromatic heterocycles. The van der Waals surface area contributed by atoms with E-state index < -0.39 is 5.97 Å². The zero-order valence-corrected chi connectivity index (χ0v) is 10.7. The summed E-state index contributed by atoms with van der Waals surface area (Å²) in [5.74, 6) is 1.30. The first kappa shape index (κ1) is 12.2. The number of hydrogen-bond acceptors (Lipinski definition) is 5. The van der Waals surface area contributed by atoms with E-state index in [9.17, 15) is 4.79 Å². The Morgan fingerprint density at radius 2 is 2.41 bits per heavy atom. The topological polar surface area (TPSA) is 80.0 Å². The molecule has 2 N–H and O–H groups in total. The molecule has 0 radical (unpaired) electrons. The third kappa shape index (κ3) is 2.91. The van der Waals surface area contributed by atoms with Crippen LogP contribution in [0.25, 0.3) is 0 Å². The van der Waals surface area contributed by atoms with E-state index in [4.69, 9.17) is 5.11 Å². The number of carboxylic acids is 1. The minimum Gasteiger partial charge on any atom is -0.481 e. The van der Waals surface area contributed by atoms with Crippen LogP contribution in [0.15, 0.2) is 5.16 Å². The molecular formula is C10H16N4O2S. The van der Waals surface area contributed by atoms with E-state index >= 15 is 0 Å². The third-order valence-corrected chi connectivity index (χ3v) is 3.53. The molecule has 1 aliphatic heterocycles.